The molecule has 4 heteroatoms. The summed E-state index contributed by atoms with van der Waals surface area (Å²) in [4.78, 5) is 16.9. The van der Waals surface area contributed by atoms with Crippen molar-refractivity contribution >= 4 is 11.6 Å². The average molecular weight is 293 g/mol. The number of aromatic nitrogens is 2. The van der Waals surface area contributed by atoms with Crippen LogP contribution in [0.4, 0.5) is 0 Å². The second-order valence-corrected chi connectivity index (χ2v) is 5.31. The van der Waals surface area contributed by atoms with Crippen LogP contribution in [0.3, 0.4) is 0 Å². The molecular formula is C18H19N3O. The van der Waals surface area contributed by atoms with Crippen LogP contribution in [-0.2, 0) is 13.0 Å². The summed E-state index contributed by atoms with van der Waals surface area (Å²) in [5.74, 6) is -0.0723. The normalized spacial score (nSPS) is 10.8. The fourth-order valence-electron chi connectivity index (χ4n) is 2.56. The summed E-state index contributed by atoms with van der Waals surface area (Å²) in [6.45, 7) is 4.65. The molecule has 0 spiro atoms. The highest BCUT2D eigenvalue weighted by Gasteiger charge is 2.10. The highest BCUT2D eigenvalue weighted by molar-refractivity contribution is 5.94. The van der Waals surface area contributed by atoms with Gasteiger partial charge in [-0.25, -0.2) is 4.98 Å². The molecule has 0 bridgehead atoms. The minimum absolute atomic E-state index is 0.0723. The first-order valence-corrected chi connectivity index (χ1v) is 7.48. The molecule has 4 nitrogen and oxygen atoms in total. The molecule has 0 radical (unpaired) electrons. The van der Waals surface area contributed by atoms with Gasteiger partial charge in [0, 0.05) is 18.4 Å². The van der Waals surface area contributed by atoms with Crippen LogP contribution >= 0.6 is 0 Å². The summed E-state index contributed by atoms with van der Waals surface area (Å²) in [5.41, 5.74) is 4.78. The molecule has 0 unspecified atom stereocenters. The Labute approximate surface area is 129 Å². The number of fused-ring (bicyclic) bond motifs is 1. The van der Waals surface area contributed by atoms with Gasteiger partial charge in [0.05, 0.1) is 11.3 Å². The molecule has 0 aliphatic rings. The molecule has 1 N–H and O–H groups in total. The Bertz CT molecular complexity index is 806. The molecule has 0 aliphatic heterocycles. The molecule has 0 aliphatic carbocycles. The van der Waals surface area contributed by atoms with Crippen LogP contribution in [0.25, 0.3) is 5.65 Å². The quantitative estimate of drug-likeness (QED) is 0.803. The zero-order valence-electron chi connectivity index (χ0n) is 12.8. The van der Waals surface area contributed by atoms with Gasteiger partial charge in [0.2, 0.25) is 0 Å². The fraction of sp³-hybridized carbons (Fsp3) is 0.222. The predicted molar refractivity (Wildman–Crippen MR) is 86.9 cm³/mol. The minimum atomic E-state index is -0.0723. The van der Waals surface area contributed by atoms with Gasteiger partial charge in [-0.05, 0) is 31.0 Å². The number of nitrogens with zero attached hydrogens (tertiary/aromatic N) is 2. The number of carbonyl (C=O) groups excluding carboxylic acids is 1. The van der Waals surface area contributed by atoms with Crippen LogP contribution < -0.4 is 5.32 Å². The average Bonchev–Trinajstić information content (AvgIpc) is 2.89. The van der Waals surface area contributed by atoms with Crippen LogP contribution in [0.15, 0.2) is 48.7 Å². The number of hydrogen-bond acceptors (Lipinski definition) is 2. The van der Waals surface area contributed by atoms with E-state index in [0.717, 1.165) is 29.0 Å². The number of rotatable bonds is 4. The van der Waals surface area contributed by atoms with Crippen molar-refractivity contribution in [1.29, 1.82) is 0 Å². The first-order chi connectivity index (χ1) is 10.7. The molecule has 0 atom stereocenters. The zero-order valence-corrected chi connectivity index (χ0v) is 12.8. The van der Waals surface area contributed by atoms with Crippen molar-refractivity contribution in [2.75, 3.05) is 0 Å². The fourth-order valence-corrected chi connectivity index (χ4v) is 2.56. The standard InChI is InChI=1S/C18H19N3O/c1-3-16-13(2)21-12-15(9-10-17(21)20-16)18(22)19-11-14-7-5-4-6-8-14/h4-10,12H,3,11H2,1-2H3,(H,19,22). The lowest BCUT2D eigenvalue weighted by molar-refractivity contribution is 0.0950. The zero-order chi connectivity index (χ0) is 15.5. The molecule has 2 aromatic heterocycles. The Kier molecular flexibility index (Phi) is 3.92. The van der Waals surface area contributed by atoms with Crippen LogP contribution in [0.5, 0.6) is 0 Å². The molecule has 0 saturated carbocycles. The lowest BCUT2D eigenvalue weighted by atomic mass is 10.2. The van der Waals surface area contributed by atoms with Crippen molar-refractivity contribution < 1.29 is 4.79 Å². The van der Waals surface area contributed by atoms with Crippen molar-refractivity contribution in [3.63, 3.8) is 0 Å². The molecule has 1 aromatic carbocycles. The molecule has 3 aromatic rings. The van der Waals surface area contributed by atoms with E-state index in [4.69, 9.17) is 0 Å². The lowest BCUT2D eigenvalue weighted by Gasteiger charge is -2.06. The maximum atomic E-state index is 12.3. The summed E-state index contributed by atoms with van der Waals surface area (Å²) >= 11 is 0. The van der Waals surface area contributed by atoms with E-state index in [0.29, 0.717) is 12.1 Å². The minimum Gasteiger partial charge on any atom is -0.348 e. The molecule has 0 fully saturated rings. The van der Waals surface area contributed by atoms with E-state index in [1.54, 1.807) is 0 Å². The van der Waals surface area contributed by atoms with Crippen LogP contribution in [0, 0.1) is 6.92 Å². The number of amides is 1. The van der Waals surface area contributed by atoms with E-state index in [2.05, 4.69) is 17.2 Å². The number of aryl methyl sites for hydroxylation is 2. The molecule has 0 saturated heterocycles. The summed E-state index contributed by atoms with van der Waals surface area (Å²) in [7, 11) is 0. The number of nitrogens with one attached hydrogen (secondary N) is 1. The Balaban J connectivity index is 1.80. The van der Waals surface area contributed by atoms with Gasteiger partial charge in [-0.15, -0.1) is 0 Å². The Morgan fingerprint density at radius 2 is 1.95 bits per heavy atom. The highest BCUT2D eigenvalue weighted by Crippen LogP contribution is 2.14. The van der Waals surface area contributed by atoms with E-state index >= 15 is 0 Å². The van der Waals surface area contributed by atoms with Crippen molar-refractivity contribution in [2.24, 2.45) is 0 Å². The van der Waals surface area contributed by atoms with Crippen molar-refractivity contribution in [3.05, 3.63) is 71.2 Å². The van der Waals surface area contributed by atoms with Gasteiger partial charge >= 0.3 is 0 Å². The van der Waals surface area contributed by atoms with Crippen LogP contribution in [0.2, 0.25) is 0 Å². The Morgan fingerprint density at radius 1 is 1.18 bits per heavy atom. The summed E-state index contributed by atoms with van der Waals surface area (Å²) in [6, 6.07) is 13.6. The van der Waals surface area contributed by atoms with Crippen molar-refractivity contribution in [1.82, 2.24) is 14.7 Å². The second-order valence-electron chi connectivity index (χ2n) is 5.31. The summed E-state index contributed by atoms with van der Waals surface area (Å²) < 4.78 is 1.98. The third-order valence-corrected chi connectivity index (χ3v) is 3.85. The van der Waals surface area contributed by atoms with Gasteiger partial charge in [0.25, 0.3) is 5.91 Å². The lowest BCUT2D eigenvalue weighted by Crippen LogP contribution is -2.23. The second kappa shape index (κ2) is 6.02. The van der Waals surface area contributed by atoms with Crippen LogP contribution in [-0.4, -0.2) is 15.3 Å². The molecule has 112 valence electrons. The Hall–Kier alpha value is -2.62. The third-order valence-electron chi connectivity index (χ3n) is 3.85. The topological polar surface area (TPSA) is 46.4 Å². The number of pyridine rings is 1. The summed E-state index contributed by atoms with van der Waals surface area (Å²) in [6.07, 6.45) is 2.75. The van der Waals surface area contributed by atoms with Gasteiger partial charge < -0.3 is 9.72 Å². The van der Waals surface area contributed by atoms with E-state index in [9.17, 15) is 4.79 Å². The van der Waals surface area contributed by atoms with Gasteiger partial charge in [-0.2, -0.15) is 0 Å². The summed E-state index contributed by atoms with van der Waals surface area (Å²) in [5, 5.41) is 2.95. The largest absolute Gasteiger partial charge is 0.348 e. The smallest absolute Gasteiger partial charge is 0.253 e. The third kappa shape index (κ3) is 2.72. The molecule has 3 rings (SSSR count). The molecule has 2 heterocycles. The van der Waals surface area contributed by atoms with Gasteiger partial charge in [-0.1, -0.05) is 37.3 Å². The predicted octanol–water partition coefficient (Wildman–Crippen LogP) is 3.14. The maximum absolute atomic E-state index is 12.3. The molecule has 22 heavy (non-hydrogen) atoms. The number of hydrogen-bond donors (Lipinski definition) is 1. The number of imidazole rings is 1. The number of benzene rings is 1. The van der Waals surface area contributed by atoms with E-state index < -0.39 is 0 Å². The maximum Gasteiger partial charge on any atom is 0.253 e. The monoisotopic (exact) mass is 293 g/mol. The first kappa shape index (κ1) is 14.3. The van der Waals surface area contributed by atoms with E-state index in [1.807, 2.05) is 60.0 Å². The van der Waals surface area contributed by atoms with Gasteiger partial charge in [0.1, 0.15) is 5.65 Å². The van der Waals surface area contributed by atoms with Crippen molar-refractivity contribution in [2.45, 2.75) is 26.8 Å². The Morgan fingerprint density at radius 3 is 2.68 bits per heavy atom. The van der Waals surface area contributed by atoms with Gasteiger partial charge in [-0.3, -0.25) is 4.79 Å². The van der Waals surface area contributed by atoms with Gasteiger partial charge in [0.15, 0.2) is 0 Å². The SMILES string of the molecule is CCc1nc2ccc(C(=O)NCc3ccccc3)cn2c1C. The van der Waals surface area contributed by atoms with E-state index in [1.165, 1.54) is 0 Å². The molecular weight excluding hydrogens is 274 g/mol. The first-order valence-electron chi connectivity index (χ1n) is 7.48. The van der Waals surface area contributed by atoms with Crippen LogP contribution in [0.1, 0.15) is 34.2 Å². The van der Waals surface area contributed by atoms with Crippen molar-refractivity contribution in [3.8, 4) is 0 Å². The van der Waals surface area contributed by atoms with E-state index in [-0.39, 0.29) is 5.91 Å². The molecule has 1 amide bonds. The highest BCUT2D eigenvalue weighted by atomic mass is 16.1. The number of carbonyl (C=O) groups is 1.